The maximum atomic E-state index is 11.9. The molecule has 2 rings (SSSR count). The van der Waals surface area contributed by atoms with Gasteiger partial charge in [-0.3, -0.25) is 4.79 Å². The predicted molar refractivity (Wildman–Crippen MR) is 70.8 cm³/mol. The van der Waals surface area contributed by atoms with E-state index in [1.807, 2.05) is 6.07 Å². The quantitative estimate of drug-likeness (QED) is 0.904. The number of carboxylic acid groups (broad SMARTS) is 1. The van der Waals surface area contributed by atoms with E-state index in [9.17, 15) is 9.59 Å². The fourth-order valence-corrected chi connectivity index (χ4v) is 1.81. The monoisotopic (exact) mass is 294 g/mol. The summed E-state index contributed by atoms with van der Waals surface area (Å²) in [5.74, 6) is -2.18. The van der Waals surface area contributed by atoms with Crippen molar-refractivity contribution in [3.8, 4) is 0 Å². The molecular formula is C13H11ClN2O4. The van der Waals surface area contributed by atoms with E-state index in [2.05, 4.69) is 15.0 Å². The van der Waals surface area contributed by atoms with Gasteiger partial charge in [0.1, 0.15) is 0 Å². The van der Waals surface area contributed by atoms with Crippen LogP contribution in [0.1, 0.15) is 39.6 Å². The third-order valence-electron chi connectivity index (χ3n) is 2.65. The zero-order valence-electron chi connectivity index (χ0n) is 10.5. The second kappa shape index (κ2) is 5.75. The minimum absolute atomic E-state index is 0.0868. The van der Waals surface area contributed by atoms with E-state index in [0.717, 1.165) is 11.6 Å². The Morgan fingerprint density at radius 2 is 2.15 bits per heavy atom. The number of carbonyl (C=O) groups is 2. The highest BCUT2D eigenvalue weighted by Crippen LogP contribution is 2.17. The first-order valence-electron chi connectivity index (χ1n) is 5.73. The smallest absolute Gasteiger partial charge is 0.374 e. The van der Waals surface area contributed by atoms with Gasteiger partial charge >= 0.3 is 5.97 Å². The number of aromatic carboxylic acids is 1. The molecule has 0 spiro atoms. The summed E-state index contributed by atoms with van der Waals surface area (Å²) >= 11 is 5.88. The third-order valence-corrected chi connectivity index (χ3v) is 2.88. The Morgan fingerprint density at radius 1 is 1.40 bits per heavy atom. The van der Waals surface area contributed by atoms with Gasteiger partial charge in [0.05, 0.1) is 6.04 Å². The molecule has 1 atom stereocenters. The second-order valence-electron chi connectivity index (χ2n) is 4.13. The summed E-state index contributed by atoms with van der Waals surface area (Å²) in [6.45, 7) is 1.78. The minimum Gasteiger partial charge on any atom is -0.475 e. The number of nitrogens with one attached hydrogen (secondary N) is 1. The standard InChI is InChI=1S/C13H11ClN2O4/c1-7(8-3-2-4-9(14)5-8)15-12(17)10-6-11(13(18)19)20-16-10/h2-7H,1H3,(H,15,17)(H,18,19). The van der Waals surface area contributed by atoms with Gasteiger partial charge in [-0.1, -0.05) is 28.9 Å². The normalized spacial score (nSPS) is 11.9. The number of benzene rings is 1. The van der Waals surface area contributed by atoms with Gasteiger partial charge in [0, 0.05) is 11.1 Å². The van der Waals surface area contributed by atoms with Crippen LogP contribution in [0.2, 0.25) is 5.02 Å². The van der Waals surface area contributed by atoms with Crippen LogP contribution in [0, 0.1) is 0 Å². The first-order chi connectivity index (χ1) is 9.47. The van der Waals surface area contributed by atoms with Gasteiger partial charge in [0.25, 0.3) is 5.91 Å². The highest BCUT2D eigenvalue weighted by molar-refractivity contribution is 6.30. The van der Waals surface area contributed by atoms with E-state index in [0.29, 0.717) is 5.02 Å². The van der Waals surface area contributed by atoms with Crippen LogP contribution >= 0.6 is 11.6 Å². The van der Waals surface area contributed by atoms with Crippen molar-refractivity contribution in [2.75, 3.05) is 0 Å². The zero-order chi connectivity index (χ0) is 14.7. The fourth-order valence-electron chi connectivity index (χ4n) is 1.61. The highest BCUT2D eigenvalue weighted by Gasteiger charge is 2.18. The molecule has 0 aliphatic carbocycles. The number of hydrogen-bond donors (Lipinski definition) is 2. The van der Waals surface area contributed by atoms with Crippen LogP contribution in [0.25, 0.3) is 0 Å². The molecule has 1 aromatic carbocycles. The summed E-state index contributed by atoms with van der Waals surface area (Å²) < 4.78 is 4.52. The van der Waals surface area contributed by atoms with Gasteiger partial charge in [-0.15, -0.1) is 0 Å². The summed E-state index contributed by atoms with van der Waals surface area (Å²) in [5.41, 5.74) is 0.740. The Hall–Kier alpha value is -2.34. The van der Waals surface area contributed by atoms with E-state index in [1.165, 1.54) is 0 Å². The number of nitrogens with zero attached hydrogens (tertiary/aromatic N) is 1. The first kappa shape index (κ1) is 14.1. The third kappa shape index (κ3) is 3.16. The fraction of sp³-hybridized carbons (Fsp3) is 0.154. The Labute approximate surface area is 119 Å². The summed E-state index contributed by atoms with van der Waals surface area (Å²) in [5, 5.41) is 15.3. The number of carbonyl (C=O) groups excluding carboxylic acids is 1. The summed E-state index contributed by atoms with van der Waals surface area (Å²) in [4.78, 5) is 22.5. The van der Waals surface area contributed by atoms with Crippen LogP contribution in [0.15, 0.2) is 34.9 Å². The number of rotatable bonds is 4. The van der Waals surface area contributed by atoms with Gasteiger partial charge in [0.2, 0.25) is 5.76 Å². The number of hydrogen-bond acceptors (Lipinski definition) is 4. The van der Waals surface area contributed by atoms with E-state index in [4.69, 9.17) is 16.7 Å². The van der Waals surface area contributed by atoms with Crippen molar-refractivity contribution in [3.63, 3.8) is 0 Å². The number of halogens is 1. The lowest BCUT2D eigenvalue weighted by molar-refractivity contribution is 0.0651. The van der Waals surface area contributed by atoms with Crippen LogP contribution in [0.5, 0.6) is 0 Å². The van der Waals surface area contributed by atoms with Crippen molar-refractivity contribution >= 4 is 23.5 Å². The van der Waals surface area contributed by atoms with Gasteiger partial charge in [-0.25, -0.2) is 4.79 Å². The van der Waals surface area contributed by atoms with Crippen molar-refractivity contribution in [2.45, 2.75) is 13.0 Å². The summed E-state index contributed by atoms with van der Waals surface area (Å²) in [7, 11) is 0. The Morgan fingerprint density at radius 3 is 2.75 bits per heavy atom. The molecule has 0 bridgehead atoms. The van der Waals surface area contributed by atoms with Gasteiger partial charge in [-0.2, -0.15) is 0 Å². The van der Waals surface area contributed by atoms with Gasteiger partial charge < -0.3 is 14.9 Å². The van der Waals surface area contributed by atoms with Crippen LogP contribution < -0.4 is 5.32 Å². The molecule has 1 unspecified atom stereocenters. The zero-order valence-corrected chi connectivity index (χ0v) is 11.2. The van der Waals surface area contributed by atoms with E-state index < -0.39 is 11.9 Å². The second-order valence-corrected chi connectivity index (χ2v) is 4.57. The molecular weight excluding hydrogens is 284 g/mol. The SMILES string of the molecule is CC(NC(=O)c1cc(C(=O)O)on1)c1cccc(Cl)c1. The molecule has 0 radical (unpaired) electrons. The molecule has 1 heterocycles. The minimum atomic E-state index is -1.28. The lowest BCUT2D eigenvalue weighted by Gasteiger charge is -2.13. The number of amides is 1. The molecule has 104 valence electrons. The molecule has 0 saturated heterocycles. The molecule has 2 N–H and O–H groups in total. The molecule has 0 aliphatic rings. The molecule has 6 nitrogen and oxygen atoms in total. The van der Waals surface area contributed by atoms with Crippen molar-refractivity contribution < 1.29 is 19.2 Å². The van der Waals surface area contributed by atoms with Crippen LogP contribution in [-0.4, -0.2) is 22.1 Å². The molecule has 0 aliphatic heterocycles. The Bertz CT molecular complexity index is 653. The maximum absolute atomic E-state index is 11.9. The molecule has 0 saturated carbocycles. The summed E-state index contributed by atoms with van der Waals surface area (Å²) in [6.07, 6.45) is 0. The van der Waals surface area contributed by atoms with Crippen molar-refractivity contribution in [1.29, 1.82) is 0 Å². The van der Waals surface area contributed by atoms with E-state index >= 15 is 0 Å². The van der Waals surface area contributed by atoms with E-state index in [1.54, 1.807) is 25.1 Å². The van der Waals surface area contributed by atoms with Gasteiger partial charge in [0.15, 0.2) is 5.69 Å². The van der Waals surface area contributed by atoms with Gasteiger partial charge in [-0.05, 0) is 24.6 Å². The molecule has 7 heteroatoms. The summed E-state index contributed by atoms with van der Waals surface area (Å²) in [6, 6.07) is 7.84. The average Bonchev–Trinajstić information content (AvgIpc) is 2.88. The van der Waals surface area contributed by atoms with Crippen LogP contribution in [0.3, 0.4) is 0 Å². The van der Waals surface area contributed by atoms with Crippen molar-refractivity contribution in [3.05, 3.63) is 52.4 Å². The molecule has 20 heavy (non-hydrogen) atoms. The van der Waals surface area contributed by atoms with Crippen LogP contribution in [-0.2, 0) is 0 Å². The lowest BCUT2D eigenvalue weighted by Crippen LogP contribution is -2.26. The number of aromatic nitrogens is 1. The largest absolute Gasteiger partial charge is 0.475 e. The maximum Gasteiger partial charge on any atom is 0.374 e. The molecule has 2 aromatic rings. The van der Waals surface area contributed by atoms with E-state index in [-0.39, 0.29) is 17.5 Å². The number of carboxylic acids is 1. The van der Waals surface area contributed by atoms with Crippen LogP contribution in [0.4, 0.5) is 0 Å². The first-order valence-corrected chi connectivity index (χ1v) is 6.11. The van der Waals surface area contributed by atoms with Crippen molar-refractivity contribution in [1.82, 2.24) is 10.5 Å². The predicted octanol–water partition coefficient (Wildman–Crippen LogP) is 2.52. The molecule has 1 amide bonds. The molecule has 1 aromatic heterocycles. The van der Waals surface area contributed by atoms with Crippen molar-refractivity contribution in [2.24, 2.45) is 0 Å². The lowest BCUT2D eigenvalue weighted by atomic mass is 10.1. The highest BCUT2D eigenvalue weighted by atomic mass is 35.5. The molecule has 0 fully saturated rings. The Balaban J connectivity index is 2.08. The Kier molecular flexibility index (Phi) is 4.05. The average molecular weight is 295 g/mol. The topological polar surface area (TPSA) is 92.4 Å².